The molecule has 130 valence electrons. The Morgan fingerprint density at radius 1 is 1.24 bits per heavy atom. The van der Waals surface area contributed by atoms with Crippen molar-refractivity contribution in [3.8, 4) is 0 Å². The standard InChI is InChI=1S/C17H15BrN2O5/c1-11(17(22)25-10-12-5-7-14(18)8-6-12)19-16(21)13-3-2-4-15(9-13)20(23)24/h2-9,11H,10H2,1H3,(H,19,21)/t11-/m0/s1. The molecule has 0 heterocycles. The fourth-order valence-corrected chi connectivity index (χ4v) is 2.22. The van der Waals surface area contributed by atoms with Gasteiger partial charge in [-0.2, -0.15) is 0 Å². The normalized spacial score (nSPS) is 11.4. The van der Waals surface area contributed by atoms with E-state index in [1.165, 1.54) is 25.1 Å². The van der Waals surface area contributed by atoms with Crippen LogP contribution in [0.3, 0.4) is 0 Å². The van der Waals surface area contributed by atoms with Crippen LogP contribution in [0.4, 0.5) is 5.69 Å². The van der Waals surface area contributed by atoms with Crippen LogP contribution in [0.15, 0.2) is 53.0 Å². The van der Waals surface area contributed by atoms with Gasteiger partial charge in [0.25, 0.3) is 11.6 Å². The highest BCUT2D eigenvalue weighted by atomic mass is 79.9. The molecule has 2 aromatic carbocycles. The summed E-state index contributed by atoms with van der Waals surface area (Å²) in [5.74, 6) is -1.18. The van der Waals surface area contributed by atoms with E-state index in [2.05, 4.69) is 21.2 Å². The Morgan fingerprint density at radius 3 is 2.56 bits per heavy atom. The van der Waals surface area contributed by atoms with Crippen molar-refractivity contribution in [2.45, 2.75) is 19.6 Å². The summed E-state index contributed by atoms with van der Waals surface area (Å²) in [6, 6.07) is 11.7. The zero-order chi connectivity index (χ0) is 18.4. The van der Waals surface area contributed by atoms with E-state index in [0.29, 0.717) is 0 Å². The Balaban J connectivity index is 1.91. The average Bonchev–Trinajstić information content (AvgIpc) is 2.60. The lowest BCUT2D eigenvalue weighted by Crippen LogP contribution is -2.39. The minimum Gasteiger partial charge on any atom is -0.459 e. The number of carbonyl (C=O) groups excluding carboxylic acids is 2. The van der Waals surface area contributed by atoms with E-state index in [1.54, 1.807) is 0 Å². The van der Waals surface area contributed by atoms with Gasteiger partial charge >= 0.3 is 5.97 Å². The van der Waals surface area contributed by atoms with Gasteiger partial charge in [0.15, 0.2) is 0 Å². The van der Waals surface area contributed by atoms with E-state index >= 15 is 0 Å². The monoisotopic (exact) mass is 406 g/mol. The highest BCUT2D eigenvalue weighted by Crippen LogP contribution is 2.14. The molecule has 0 saturated heterocycles. The summed E-state index contributed by atoms with van der Waals surface area (Å²) >= 11 is 3.31. The summed E-state index contributed by atoms with van der Waals surface area (Å²) < 4.78 is 6.07. The minimum absolute atomic E-state index is 0.0864. The van der Waals surface area contributed by atoms with Gasteiger partial charge in [0, 0.05) is 22.2 Å². The molecule has 1 N–H and O–H groups in total. The van der Waals surface area contributed by atoms with Gasteiger partial charge in [-0.3, -0.25) is 14.9 Å². The molecule has 0 saturated carbocycles. The third-order valence-electron chi connectivity index (χ3n) is 3.31. The van der Waals surface area contributed by atoms with Crippen LogP contribution in [-0.4, -0.2) is 22.8 Å². The SMILES string of the molecule is C[C@H](NC(=O)c1cccc([N+](=O)[O-])c1)C(=O)OCc1ccc(Br)cc1. The molecule has 2 aromatic rings. The topological polar surface area (TPSA) is 98.5 Å². The van der Waals surface area contributed by atoms with Crippen molar-refractivity contribution in [2.75, 3.05) is 0 Å². The first-order valence-corrected chi connectivity index (χ1v) is 8.12. The van der Waals surface area contributed by atoms with Crippen LogP contribution in [0.5, 0.6) is 0 Å². The van der Waals surface area contributed by atoms with E-state index in [-0.39, 0.29) is 17.9 Å². The Labute approximate surface area is 152 Å². The number of ether oxygens (including phenoxy) is 1. The van der Waals surface area contributed by atoms with E-state index < -0.39 is 22.8 Å². The molecule has 0 aliphatic heterocycles. The van der Waals surface area contributed by atoms with Gasteiger partial charge in [-0.15, -0.1) is 0 Å². The number of rotatable bonds is 6. The van der Waals surface area contributed by atoms with Crippen LogP contribution < -0.4 is 5.32 Å². The number of hydrogen-bond acceptors (Lipinski definition) is 5. The van der Waals surface area contributed by atoms with Crippen LogP contribution in [0, 0.1) is 10.1 Å². The summed E-state index contributed by atoms with van der Waals surface area (Å²) in [5, 5.41) is 13.2. The number of amides is 1. The Hall–Kier alpha value is -2.74. The number of halogens is 1. The molecular weight excluding hydrogens is 392 g/mol. The largest absolute Gasteiger partial charge is 0.459 e. The first kappa shape index (κ1) is 18.6. The molecule has 7 nitrogen and oxygen atoms in total. The maximum Gasteiger partial charge on any atom is 0.328 e. The van der Waals surface area contributed by atoms with Crippen molar-refractivity contribution < 1.29 is 19.2 Å². The van der Waals surface area contributed by atoms with Crippen molar-refractivity contribution in [2.24, 2.45) is 0 Å². The first-order chi connectivity index (χ1) is 11.9. The van der Waals surface area contributed by atoms with Gasteiger partial charge in [-0.05, 0) is 30.7 Å². The lowest BCUT2D eigenvalue weighted by Gasteiger charge is -2.13. The third kappa shape index (κ3) is 5.39. The summed E-state index contributed by atoms with van der Waals surface area (Å²) in [7, 11) is 0. The number of nitrogens with zero attached hydrogens (tertiary/aromatic N) is 1. The molecule has 25 heavy (non-hydrogen) atoms. The van der Waals surface area contributed by atoms with Gasteiger partial charge in [-0.1, -0.05) is 34.1 Å². The second kappa shape index (κ2) is 8.39. The van der Waals surface area contributed by atoms with E-state index in [4.69, 9.17) is 4.74 Å². The Bertz CT molecular complexity index is 792. The molecule has 0 bridgehead atoms. The molecule has 1 atom stereocenters. The number of esters is 1. The Morgan fingerprint density at radius 2 is 1.92 bits per heavy atom. The molecule has 0 aliphatic rings. The summed E-state index contributed by atoms with van der Waals surface area (Å²) in [4.78, 5) is 34.2. The van der Waals surface area contributed by atoms with Crippen molar-refractivity contribution >= 4 is 33.5 Å². The van der Waals surface area contributed by atoms with Crippen molar-refractivity contribution in [1.82, 2.24) is 5.32 Å². The van der Waals surface area contributed by atoms with E-state index in [9.17, 15) is 19.7 Å². The van der Waals surface area contributed by atoms with Crippen LogP contribution in [0.25, 0.3) is 0 Å². The molecule has 8 heteroatoms. The van der Waals surface area contributed by atoms with E-state index in [0.717, 1.165) is 16.1 Å². The Kier molecular flexibility index (Phi) is 6.24. The molecule has 0 aliphatic carbocycles. The molecular formula is C17H15BrN2O5. The highest BCUT2D eigenvalue weighted by Gasteiger charge is 2.19. The maximum atomic E-state index is 12.1. The second-order valence-electron chi connectivity index (χ2n) is 5.24. The molecule has 2 rings (SSSR count). The van der Waals surface area contributed by atoms with Gasteiger partial charge in [-0.25, -0.2) is 4.79 Å². The quantitative estimate of drug-likeness (QED) is 0.451. The fourth-order valence-electron chi connectivity index (χ4n) is 1.96. The third-order valence-corrected chi connectivity index (χ3v) is 3.84. The average molecular weight is 407 g/mol. The van der Waals surface area contributed by atoms with Gasteiger partial charge in [0.05, 0.1) is 4.92 Å². The van der Waals surface area contributed by atoms with Crippen LogP contribution in [0.2, 0.25) is 0 Å². The summed E-state index contributed by atoms with van der Waals surface area (Å²) in [5.41, 5.74) is 0.716. The molecule has 0 fully saturated rings. The lowest BCUT2D eigenvalue weighted by molar-refractivity contribution is -0.384. The molecule has 0 aromatic heterocycles. The zero-order valence-corrected chi connectivity index (χ0v) is 14.9. The number of carbonyl (C=O) groups is 2. The number of nitro benzene ring substituents is 1. The first-order valence-electron chi connectivity index (χ1n) is 7.33. The number of nitro groups is 1. The smallest absolute Gasteiger partial charge is 0.328 e. The second-order valence-corrected chi connectivity index (χ2v) is 6.15. The number of hydrogen-bond donors (Lipinski definition) is 1. The van der Waals surface area contributed by atoms with Crippen LogP contribution in [-0.2, 0) is 16.1 Å². The maximum absolute atomic E-state index is 12.1. The lowest BCUT2D eigenvalue weighted by atomic mass is 10.2. The number of non-ortho nitro benzene ring substituents is 1. The predicted molar refractivity (Wildman–Crippen MR) is 94.0 cm³/mol. The van der Waals surface area contributed by atoms with Crippen molar-refractivity contribution in [1.29, 1.82) is 0 Å². The van der Waals surface area contributed by atoms with Crippen LogP contribution in [0.1, 0.15) is 22.8 Å². The fraction of sp³-hybridized carbons (Fsp3) is 0.176. The van der Waals surface area contributed by atoms with Crippen molar-refractivity contribution in [3.63, 3.8) is 0 Å². The minimum atomic E-state index is -0.887. The zero-order valence-electron chi connectivity index (χ0n) is 13.3. The molecule has 0 spiro atoms. The van der Waals surface area contributed by atoms with Crippen molar-refractivity contribution in [3.05, 3.63) is 74.2 Å². The van der Waals surface area contributed by atoms with Gasteiger partial charge in [0.1, 0.15) is 12.6 Å². The number of nitrogens with one attached hydrogen (secondary N) is 1. The highest BCUT2D eigenvalue weighted by molar-refractivity contribution is 9.10. The van der Waals surface area contributed by atoms with Gasteiger partial charge in [0.2, 0.25) is 0 Å². The molecule has 0 radical (unpaired) electrons. The summed E-state index contributed by atoms with van der Waals surface area (Å²) in [6.45, 7) is 1.57. The van der Waals surface area contributed by atoms with Gasteiger partial charge < -0.3 is 10.1 Å². The number of benzene rings is 2. The summed E-state index contributed by atoms with van der Waals surface area (Å²) in [6.07, 6.45) is 0. The molecule has 1 amide bonds. The molecule has 0 unspecified atom stereocenters. The van der Waals surface area contributed by atoms with Crippen LogP contribution >= 0.6 is 15.9 Å². The van der Waals surface area contributed by atoms with E-state index in [1.807, 2.05) is 24.3 Å². The predicted octanol–water partition coefficient (Wildman–Crippen LogP) is 3.22.